The third-order valence-electron chi connectivity index (χ3n) is 3.91. The summed E-state index contributed by atoms with van der Waals surface area (Å²) >= 11 is 5.84. The Morgan fingerprint density at radius 1 is 1.31 bits per heavy atom. The number of benzene rings is 1. The van der Waals surface area contributed by atoms with E-state index in [2.05, 4.69) is 31.1 Å². The molecule has 0 aliphatic carbocycles. The number of carbonyl (C=O) groups is 1. The quantitative estimate of drug-likeness (QED) is 0.723. The van der Waals surface area contributed by atoms with Gasteiger partial charge < -0.3 is 14.5 Å². The highest BCUT2D eigenvalue weighted by molar-refractivity contribution is 6.30. The minimum Gasteiger partial charge on any atom is -0.481 e. The normalized spacial score (nSPS) is 12.7. The van der Waals surface area contributed by atoms with Crippen LogP contribution in [-0.4, -0.2) is 23.5 Å². The van der Waals surface area contributed by atoms with Gasteiger partial charge in [0.1, 0.15) is 11.5 Å². The van der Waals surface area contributed by atoms with Gasteiger partial charge in [-0.05, 0) is 44.5 Å². The molecule has 0 aliphatic heterocycles. The first-order valence-electron chi connectivity index (χ1n) is 8.83. The van der Waals surface area contributed by atoms with Crippen LogP contribution < -0.4 is 10.1 Å². The molecule has 2 rings (SSSR count). The number of hydrogen-bond donors (Lipinski definition) is 1. The summed E-state index contributed by atoms with van der Waals surface area (Å²) in [5.74, 6) is 2.10. The molecule has 1 heterocycles. The maximum absolute atomic E-state index is 12.1. The van der Waals surface area contributed by atoms with Crippen LogP contribution in [-0.2, 0) is 16.6 Å². The SMILES string of the molecule is Cc1nc(C(C)(C)C)oc1CCCNC(=O)C(C)Oc1ccc(Cl)cc1. The summed E-state index contributed by atoms with van der Waals surface area (Å²) < 4.78 is 11.5. The van der Waals surface area contributed by atoms with E-state index in [4.69, 9.17) is 20.8 Å². The predicted octanol–water partition coefficient (Wildman–Crippen LogP) is 4.45. The third kappa shape index (κ3) is 5.77. The van der Waals surface area contributed by atoms with Crippen molar-refractivity contribution in [2.75, 3.05) is 6.54 Å². The predicted molar refractivity (Wildman–Crippen MR) is 103 cm³/mol. The number of nitrogens with one attached hydrogen (secondary N) is 1. The Balaban J connectivity index is 1.76. The maximum Gasteiger partial charge on any atom is 0.260 e. The summed E-state index contributed by atoms with van der Waals surface area (Å²) in [6.07, 6.45) is 0.941. The Morgan fingerprint density at radius 3 is 2.54 bits per heavy atom. The largest absolute Gasteiger partial charge is 0.481 e. The summed E-state index contributed by atoms with van der Waals surface area (Å²) in [5, 5.41) is 3.52. The molecule has 1 aromatic heterocycles. The highest BCUT2D eigenvalue weighted by Gasteiger charge is 2.22. The number of aromatic nitrogens is 1. The van der Waals surface area contributed by atoms with Crippen LogP contribution in [0.3, 0.4) is 0 Å². The van der Waals surface area contributed by atoms with Crippen molar-refractivity contribution in [3.05, 3.63) is 46.6 Å². The highest BCUT2D eigenvalue weighted by atomic mass is 35.5. The molecule has 2 aromatic rings. The van der Waals surface area contributed by atoms with Crippen LogP contribution in [0.25, 0.3) is 0 Å². The molecule has 1 N–H and O–H groups in total. The van der Waals surface area contributed by atoms with Gasteiger partial charge in [-0.3, -0.25) is 4.79 Å². The van der Waals surface area contributed by atoms with Crippen LogP contribution in [0.15, 0.2) is 28.7 Å². The lowest BCUT2D eigenvalue weighted by molar-refractivity contribution is -0.127. The third-order valence-corrected chi connectivity index (χ3v) is 4.16. The van der Waals surface area contributed by atoms with E-state index in [0.717, 1.165) is 30.2 Å². The Hall–Kier alpha value is -2.01. The molecule has 1 unspecified atom stereocenters. The number of rotatable bonds is 7. The summed E-state index contributed by atoms with van der Waals surface area (Å²) in [7, 11) is 0. The van der Waals surface area contributed by atoms with Crippen LogP contribution in [0.5, 0.6) is 5.75 Å². The standard InChI is InChI=1S/C20H27ClN2O3/c1-13-17(26-19(23-13)20(3,4)5)7-6-12-22-18(24)14(2)25-16-10-8-15(21)9-11-16/h8-11,14H,6-7,12H2,1-5H3,(H,22,24). The molecular formula is C20H27ClN2O3. The molecule has 0 bridgehead atoms. The monoisotopic (exact) mass is 378 g/mol. The van der Waals surface area contributed by atoms with Crippen LogP contribution in [0.1, 0.15) is 51.5 Å². The first-order valence-corrected chi connectivity index (χ1v) is 9.21. The smallest absolute Gasteiger partial charge is 0.260 e. The summed E-state index contributed by atoms with van der Waals surface area (Å²) in [5.41, 5.74) is 0.812. The van der Waals surface area contributed by atoms with Gasteiger partial charge in [-0.2, -0.15) is 0 Å². The van der Waals surface area contributed by atoms with Gasteiger partial charge in [0.05, 0.1) is 5.69 Å². The molecule has 1 aromatic carbocycles. The van der Waals surface area contributed by atoms with Gasteiger partial charge >= 0.3 is 0 Å². The summed E-state index contributed by atoms with van der Waals surface area (Å²) in [4.78, 5) is 16.6. The fourth-order valence-corrected chi connectivity index (χ4v) is 2.48. The molecule has 0 fully saturated rings. The van der Waals surface area contributed by atoms with E-state index in [0.29, 0.717) is 17.3 Å². The zero-order valence-corrected chi connectivity index (χ0v) is 16.8. The second-order valence-electron chi connectivity index (χ2n) is 7.39. The number of oxazole rings is 1. The number of hydrogen-bond acceptors (Lipinski definition) is 4. The van der Waals surface area contributed by atoms with Crippen LogP contribution >= 0.6 is 11.6 Å². The average Bonchev–Trinajstić information content (AvgIpc) is 2.94. The minimum atomic E-state index is -0.573. The molecular weight excluding hydrogens is 352 g/mol. The number of amides is 1. The van der Waals surface area contributed by atoms with E-state index in [9.17, 15) is 4.79 Å². The van der Waals surface area contributed by atoms with Gasteiger partial charge in [0.15, 0.2) is 12.0 Å². The highest BCUT2D eigenvalue weighted by Crippen LogP contribution is 2.24. The molecule has 0 aliphatic rings. The molecule has 0 spiro atoms. The maximum atomic E-state index is 12.1. The molecule has 0 saturated carbocycles. The molecule has 1 amide bonds. The van der Waals surface area contributed by atoms with Crippen molar-refractivity contribution in [3.63, 3.8) is 0 Å². The van der Waals surface area contributed by atoms with Crippen LogP contribution in [0, 0.1) is 6.92 Å². The number of aryl methyl sites for hydroxylation is 2. The van der Waals surface area contributed by atoms with Gasteiger partial charge in [-0.1, -0.05) is 32.4 Å². The first kappa shape index (κ1) is 20.3. The Labute approximate surface area is 160 Å². The first-order chi connectivity index (χ1) is 12.2. The topological polar surface area (TPSA) is 64.4 Å². The van der Waals surface area contributed by atoms with Gasteiger partial charge in [0, 0.05) is 23.4 Å². The van der Waals surface area contributed by atoms with E-state index in [1.54, 1.807) is 31.2 Å². The molecule has 0 saturated heterocycles. The van der Waals surface area contributed by atoms with Crippen LogP contribution in [0.4, 0.5) is 0 Å². The lowest BCUT2D eigenvalue weighted by atomic mass is 9.97. The number of carbonyl (C=O) groups excluding carboxylic acids is 1. The fourth-order valence-electron chi connectivity index (χ4n) is 2.36. The number of halogens is 1. The lowest BCUT2D eigenvalue weighted by Crippen LogP contribution is -2.36. The van der Waals surface area contributed by atoms with Crippen molar-refractivity contribution in [1.82, 2.24) is 10.3 Å². The van der Waals surface area contributed by atoms with Crippen molar-refractivity contribution < 1.29 is 13.9 Å². The molecule has 0 radical (unpaired) electrons. The number of nitrogens with zero attached hydrogens (tertiary/aromatic N) is 1. The van der Waals surface area contributed by atoms with E-state index in [-0.39, 0.29) is 11.3 Å². The number of ether oxygens (including phenoxy) is 1. The van der Waals surface area contributed by atoms with E-state index < -0.39 is 6.10 Å². The van der Waals surface area contributed by atoms with Crippen molar-refractivity contribution in [1.29, 1.82) is 0 Å². The molecule has 6 heteroatoms. The van der Waals surface area contributed by atoms with Gasteiger partial charge in [-0.15, -0.1) is 0 Å². The van der Waals surface area contributed by atoms with Crippen molar-refractivity contribution in [2.24, 2.45) is 0 Å². The van der Waals surface area contributed by atoms with Crippen LogP contribution in [0.2, 0.25) is 5.02 Å². The van der Waals surface area contributed by atoms with Gasteiger partial charge in [0.2, 0.25) is 0 Å². The summed E-state index contributed by atoms with van der Waals surface area (Å²) in [6.45, 7) is 10.5. The molecule has 142 valence electrons. The second-order valence-corrected chi connectivity index (χ2v) is 7.82. The Morgan fingerprint density at radius 2 is 1.96 bits per heavy atom. The van der Waals surface area contributed by atoms with E-state index in [1.807, 2.05) is 6.92 Å². The lowest BCUT2D eigenvalue weighted by Gasteiger charge is -2.14. The zero-order valence-electron chi connectivity index (χ0n) is 16.1. The van der Waals surface area contributed by atoms with E-state index >= 15 is 0 Å². The Kier molecular flexibility index (Phi) is 6.70. The fraction of sp³-hybridized carbons (Fsp3) is 0.500. The average molecular weight is 379 g/mol. The van der Waals surface area contributed by atoms with Gasteiger partial charge in [0.25, 0.3) is 5.91 Å². The van der Waals surface area contributed by atoms with E-state index in [1.165, 1.54) is 0 Å². The van der Waals surface area contributed by atoms with Gasteiger partial charge in [-0.25, -0.2) is 4.98 Å². The minimum absolute atomic E-state index is 0.105. The second kappa shape index (κ2) is 8.58. The Bertz CT molecular complexity index is 733. The molecule has 26 heavy (non-hydrogen) atoms. The van der Waals surface area contributed by atoms with Crippen molar-refractivity contribution >= 4 is 17.5 Å². The molecule has 5 nitrogen and oxygen atoms in total. The van der Waals surface area contributed by atoms with Crippen molar-refractivity contribution in [3.8, 4) is 5.75 Å². The molecule has 1 atom stereocenters. The zero-order chi connectivity index (χ0) is 19.3. The van der Waals surface area contributed by atoms with Crippen molar-refractivity contribution in [2.45, 2.75) is 59.0 Å². The summed E-state index contributed by atoms with van der Waals surface area (Å²) in [6, 6.07) is 6.94.